The highest BCUT2D eigenvalue weighted by molar-refractivity contribution is 7.89. The van der Waals surface area contributed by atoms with Crippen LogP contribution in [0.5, 0.6) is 0 Å². The lowest BCUT2D eigenvalue weighted by Gasteiger charge is -2.19. The number of hydrogen-bond acceptors (Lipinski definition) is 3. The van der Waals surface area contributed by atoms with Gasteiger partial charge in [-0.2, -0.15) is 0 Å². The third-order valence-electron chi connectivity index (χ3n) is 3.20. The maximum absolute atomic E-state index is 12.0. The first-order valence-electron chi connectivity index (χ1n) is 5.95. The van der Waals surface area contributed by atoms with Crippen molar-refractivity contribution in [2.75, 3.05) is 18.5 Å². The Bertz CT molecular complexity index is 610. The molecule has 1 aromatic rings. The monoisotopic (exact) mass is 280 g/mol. The standard InChI is InChI=1S/C13H16N2O3S/c1-3-10-8-13(16)15(9-10)11-6-4-5-7-12(11)19(17,18)14-2/h3-7,10,14H,1,8-9H2,2H3. The molecule has 0 bridgehead atoms. The Morgan fingerprint density at radius 3 is 2.68 bits per heavy atom. The first-order valence-corrected chi connectivity index (χ1v) is 7.43. The molecule has 0 saturated carbocycles. The van der Waals surface area contributed by atoms with E-state index in [2.05, 4.69) is 11.3 Å². The average molecular weight is 280 g/mol. The first-order chi connectivity index (χ1) is 8.99. The number of rotatable bonds is 4. The smallest absolute Gasteiger partial charge is 0.242 e. The molecule has 102 valence electrons. The van der Waals surface area contributed by atoms with Crippen molar-refractivity contribution < 1.29 is 13.2 Å². The van der Waals surface area contributed by atoms with Gasteiger partial charge in [0.1, 0.15) is 4.90 Å². The lowest BCUT2D eigenvalue weighted by Crippen LogP contribution is -2.28. The summed E-state index contributed by atoms with van der Waals surface area (Å²) in [5.41, 5.74) is 0.422. The molecule has 1 fully saturated rings. The molecular weight excluding hydrogens is 264 g/mol. The fourth-order valence-corrected chi connectivity index (χ4v) is 3.07. The zero-order valence-corrected chi connectivity index (χ0v) is 11.5. The van der Waals surface area contributed by atoms with Crippen molar-refractivity contribution >= 4 is 21.6 Å². The van der Waals surface area contributed by atoms with Crippen LogP contribution in [0.3, 0.4) is 0 Å². The Morgan fingerprint density at radius 1 is 1.42 bits per heavy atom. The molecule has 5 nitrogen and oxygen atoms in total. The summed E-state index contributed by atoms with van der Waals surface area (Å²) >= 11 is 0. The molecule has 1 amide bonds. The van der Waals surface area contributed by atoms with Gasteiger partial charge < -0.3 is 4.90 Å². The van der Waals surface area contributed by atoms with Crippen LogP contribution in [0.4, 0.5) is 5.69 Å². The molecule has 0 aromatic heterocycles. The summed E-state index contributed by atoms with van der Waals surface area (Å²) in [5.74, 6) is -0.0125. The van der Waals surface area contributed by atoms with E-state index < -0.39 is 10.0 Å². The third kappa shape index (κ3) is 2.54. The van der Waals surface area contributed by atoms with Gasteiger partial charge in [-0.25, -0.2) is 13.1 Å². The van der Waals surface area contributed by atoms with Crippen LogP contribution in [-0.4, -0.2) is 27.9 Å². The number of nitrogens with zero attached hydrogens (tertiary/aromatic N) is 1. The minimum Gasteiger partial charge on any atom is -0.310 e. The molecule has 1 aromatic carbocycles. The normalized spacial score (nSPS) is 19.7. The van der Waals surface area contributed by atoms with Crippen LogP contribution in [0.1, 0.15) is 6.42 Å². The number of hydrogen-bond donors (Lipinski definition) is 1. The van der Waals surface area contributed by atoms with Crippen LogP contribution in [0.25, 0.3) is 0 Å². The molecular formula is C13H16N2O3S. The molecule has 2 rings (SSSR count). The van der Waals surface area contributed by atoms with Gasteiger partial charge in [0.15, 0.2) is 0 Å². The fourth-order valence-electron chi connectivity index (χ4n) is 2.14. The zero-order valence-electron chi connectivity index (χ0n) is 10.7. The Labute approximate surface area is 113 Å². The van der Waals surface area contributed by atoms with Crippen molar-refractivity contribution in [2.45, 2.75) is 11.3 Å². The van der Waals surface area contributed by atoms with E-state index >= 15 is 0 Å². The highest BCUT2D eigenvalue weighted by atomic mass is 32.2. The van der Waals surface area contributed by atoms with E-state index in [9.17, 15) is 13.2 Å². The van der Waals surface area contributed by atoms with Crippen LogP contribution in [-0.2, 0) is 14.8 Å². The molecule has 19 heavy (non-hydrogen) atoms. The van der Waals surface area contributed by atoms with Gasteiger partial charge in [-0.05, 0) is 19.2 Å². The highest BCUT2D eigenvalue weighted by Crippen LogP contribution is 2.30. The number of nitrogens with one attached hydrogen (secondary N) is 1. The molecule has 1 aliphatic heterocycles. The minimum absolute atomic E-state index is 0.0674. The Morgan fingerprint density at radius 2 is 2.11 bits per heavy atom. The zero-order chi connectivity index (χ0) is 14.0. The van der Waals surface area contributed by atoms with Gasteiger partial charge in [-0.15, -0.1) is 6.58 Å². The largest absolute Gasteiger partial charge is 0.310 e. The molecule has 0 aliphatic carbocycles. The molecule has 1 atom stereocenters. The van der Waals surface area contributed by atoms with Crippen LogP contribution in [0.2, 0.25) is 0 Å². The predicted octanol–water partition coefficient (Wildman–Crippen LogP) is 1.13. The highest BCUT2D eigenvalue weighted by Gasteiger charge is 2.31. The molecule has 1 N–H and O–H groups in total. The lowest BCUT2D eigenvalue weighted by atomic mass is 10.1. The second kappa shape index (κ2) is 5.14. The maximum Gasteiger partial charge on any atom is 0.242 e. The number of amides is 1. The van der Waals surface area contributed by atoms with E-state index in [1.165, 1.54) is 18.0 Å². The third-order valence-corrected chi connectivity index (χ3v) is 4.66. The molecule has 6 heteroatoms. The number of para-hydroxylation sites is 1. The number of anilines is 1. The summed E-state index contributed by atoms with van der Waals surface area (Å²) in [5, 5.41) is 0. The Balaban J connectivity index is 2.47. The summed E-state index contributed by atoms with van der Waals surface area (Å²) in [6.07, 6.45) is 2.10. The maximum atomic E-state index is 12.0. The van der Waals surface area contributed by atoms with Crippen LogP contribution < -0.4 is 9.62 Å². The van der Waals surface area contributed by atoms with Gasteiger partial charge in [0.25, 0.3) is 0 Å². The van der Waals surface area contributed by atoms with E-state index in [0.29, 0.717) is 18.7 Å². The molecule has 1 aliphatic rings. The Kier molecular flexibility index (Phi) is 3.73. The van der Waals surface area contributed by atoms with E-state index in [0.717, 1.165) is 0 Å². The van der Waals surface area contributed by atoms with E-state index in [1.54, 1.807) is 24.3 Å². The predicted molar refractivity (Wildman–Crippen MR) is 73.3 cm³/mol. The van der Waals surface area contributed by atoms with Crippen LogP contribution in [0.15, 0.2) is 41.8 Å². The SMILES string of the molecule is C=CC1CC(=O)N(c2ccccc2S(=O)(=O)NC)C1. The van der Waals surface area contributed by atoms with Crippen molar-refractivity contribution in [3.63, 3.8) is 0 Å². The summed E-state index contributed by atoms with van der Waals surface area (Å²) in [6.45, 7) is 4.15. The number of sulfonamides is 1. The van der Waals surface area contributed by atoms with E-state index in [4.69, 9.17) is 0 Å². The summed E-state index contributed by atoms with van der Waals surface area (Å²) in [6, 6.07) is 6.50. The van der Waals surface area contributed by atoms with E-state index in [1.807, 2.05) is 0 Å². The van der Waals surface area contributed by atoms with Crippen molar-refractivity contribution in [1.29, 1.82) is 0 Å². The number of benzene rings is 1. The number of carbonyl (C=O) groups is 1. The summed E-state index contributed by atoms with van der Waals surface area (Å²) < 4.78 is 26.2. The topological polar surface area (TPSA) is 66.5 Å². The van der Waals surface area contributed by atoms with Crippen LogP contribution in [0, 0.1) is 5.92 Å². The minimum atomic E-state index is -3.58. The van der Waals surface area contributed by atoms with Crippen molar-refractivity contribution in [2.24, 2.45) is 5.92 Å². The van der Waals surface area contributed by atoms with Crippen LogP contribution >= 0.6 is 0 Å². The van der Waals surface area contributed by atoms with Crippen molar-refractivity contribution in [1.82, 2.24) is 4.72 Å². The van der Waals surface area contributed by atoms with E-state index in [-0.39, 0.29) is 16.7 Å². The van der Waals surface area contributed by atoms with Gasteiger partial charge >= 0.3 is 0 Å². The molecule has 1 unspecified atom stereocenters. The van der Waals surface area contributed by atoms with Crippen molar-refractivity contribution in [3.05, 3.63) is 36.9 Å². The molecule has 0 spiro atoms. The van der Waals surface area contributed by atoms with Gasteiger partial charge in [0.05, 0.1) is 5.69 Å². The molecule has 1 heterocycles. The second-order valence-electron chi connectivity index (χ2n) is 4.38. The van der Waals surface area contributed by atoms with Gasteiger partial charge in [-0.3, -0.25) is 4.79 Å². The summed E-state index contributed by atoms with van der Waals surface area (Å²) in [4.78, 5) is 13.6. The number of carbonyl (C=O) groups excluding carboxylic acids is 1. The average Bonchev–Trinajstić information content (AvgIpc) is 2.80. The first kappa shape index (κ1) is 13.8. The quantitative estimate of drug-likeness (QED) is 0.841. The van der Waals surface area contributed by atoms with Crippen molar-refractivity contribution in [3.8, 4) is 0 Å². The molecule has 0 radical (unpaired) electrons. The van der Waals surface area contributed by atoms with Gasteiger partial charge in [0.2, 0.25) is 15.9 Å². The molecule has 1 saturated heterocycles. The summed E-state index contributed by atoms with van der Waals surface area (Å²) in [7, 11) is -2.23. The van der Waals surface area contributed by atoms with Gasteiger partial charge in [-0.1, -0.05) is 18.2 Å². The van der Waals surface area contributed by atoms with Gasteiger partial charge in [0, 0.05) is 18.9 Å². The fraction of sp³-hybridized carbons (Fsp3) is 0.308. The second-order valence-corrected chi connectivity index (χ2v) is 6.23. The Hall–Kier alpha value is -1.66. The lowest BCUT2D eigenvalue weighted by molar-refractivity contribution is -0.117.